The molecule has 3 heterocycles. The van der Waals surface area contributed by atoms with Crippen molar-refractivity contribution in [2.75, 3.05) is 89.6 Å². The van der Waals surface area contributed by atoms with Crippen LogP contribution in [0.25, 0.3) is 33.4 Å². The number of hydrogen-bond acceptors (Lipinski definition) is 10. The van der Waals surface area contributed by atoms with E-state index in [4.69, 9.17) is 25.5 Å². The molecule has 0 unspecified atom stereocenters. The number of amides is 3. The Balaban J connectivity index is 0.701. The molecule has 0 bridgehead atoms. The third kappa shape index (κ3) is 12.8. The van der Waals surface area contributed by atoms with Crippen LogP contribution < -0.4 is 30.4 Å². The Labute approximate surface area is 475 Å². The highest BCUT2D eigenvalue weighted by molar-refractivity contribution is 7.89. The molecule has 81 heavy (non-hydrogen) atoms. The lowest BCUT2D eigenvalue weighted by Gasteiger charge is -2.31. The van der Waals surface area contributed by atoms with Gasteiger partial charge < -0.3 is 34.3 Å². The van der Waals surface area contributed by atoms with Crippen LogP contribution in [0.15, 0.2) is 178 Å². The van der Waals surface area contributed by atoms with Crippen molar-refractivity contribution >= 4 is 78.8 Å². The molecule has 10 rings (SSSR count). The van der Waals surface area contributed by atoms with Crippen LogP contribution in [0.4, 0.5) is 27.1 Å². The van der Waals surface area contributed by atoms with Crippen LogP contribution in [0, 0.1) is 11.7 Å². The average Bonchev–Trinajstić information content (AvgIpc) is 3.72. The highest BCUT2D eigenvalue weighted by Gasteiger charge is 2.35. The van der Waals surface area contributed by atoms with Crippen molar-refractivity contribution in [3.05, 3.63) is 191 Å². The topological polar surface area (TPSA) is 166 Å². The number of benzene rings is 7. The average molecular weight is 1130 g/mol. The molecule has 6 aromatic carbocycles. The number of carbonyl (C=O) groups excluding carboxylic acids is 3. The highest BCUT2D eigenvalue weighted by Crippen LogP contribution is 2.44. The normalized spacial score (nSPS) is 14.5. The molecule has 3 aliphatic heterocycles. The Morgan fingerprint density at radius 3 is 2.26 bits per heavy atom. The van der Waals surface area contributed by atoms with E-state index in [1.807, 2.05) is 123 Å². The number of para-hydroxylation sites is 2. The van der Waals surface area contributed by atoms with Gasteiger partial charge in [-0.2, -0.15) is 8.88 Å². The Morgan fingerprint density at radius 1 is 0.765 bits per heavy atom. The van der Waals surface area contributed by atoms with E-state index in [-0.39, 0.29) is 99.8 Å². The molecular weight excluding hydrogens is 1070 g/mol. The number of fused-ring (bicyclic) bond motifs is 3. The van der Waals surface area contributed by atoms with Crippen molar-refractivity contribution in [3.8, 4) is 22.5 Å². The van der Waals surface area contributed by atoms with Crippen molar-refractivity contribution in [2.24, 2.45) is 10.9 Å². The number of rotatable bonds is 20. The van der Waals surface area contributed by atoms with Gasteiger partial charge in [0.05, 0.1) is 42.2 Å². The van der Waals surface area contributed by atoms with Crippen molar-refractivity contribution in [1.82, 2.24) is 19.5 Å². The van der Waals surface area contributed by atoms with Crippen molar-refractivity contribution in [1.29, 1.82) is 0 Å². The summed E-state index contributed by atoms with van der Waals surface area (Å²) in [4.78, 5) is 47.4. The summed E-state index contributed by atoms with van der Waals surface area (Å²) in [7, 11) is -0.0495. The van der Waals surface area contributed by atoms with E-state index in [0.29, 0.717) is 58.2 Å². The maximum Gasteiger partial charge on any atom is 0.248 e. The first kappa shape index (κ1) is 56.2. The molecule has 15 nitrogen and oxygen atoms in total. The second-order valence-corrected chi connectivity index (χ2v) is 22.2. The molecule has 4 aliphatic rings. The zero-order valence-electron chi connectivity index (χ0n) is 45.0. The van der Waals surface area contributed by atoms with Gasteiger partial charge in [0.25, 0.3) is 0 Å². The van der Waals surface area contributed by atoms with E-state index in [0.717, 1.165) is 38.9 Å². The molecule has 0 spiro atoms. The summed E-state index contributed by atoms with van der Waals surface area (Å²) in [5, 5.41) is 7.82. The van der Waals surface area contributed by atoms with E-state index in [2.05, 4.69) is 25.1 Å². The number of anilines is 3. The molecule has 0 saturated carbocycles. The number of aliphatic imine (C=N–C) groups is 1. The van der Waals surface area contributed by atoms with Crippen LogP contribution in [0.2, 0.25) is 5.02 Å². The van der Waals surface area contributed by atoms with Gasteiger partial charge in [0.15, 0.2) is 0 Å². The number of nitrogens with one attached hydrogen (secondary N) is 2. The van der Waals surface area contributed by atoms with Gasteiger partial charge in [-0.15, -0.1) is 0 Å². The van der Waals surface area contributed by atoms with Gasteiger partial charge in [0.1, 0.15) is 37.4 Å². The second kappa shape index (κ2) is 25.6. The lowest BCUT2D eigenvalue weighted by Crippen LogP contribution is -2.43. The maximum atomic E-state index is 14.8. The van der Waals surface area contributed by atoms with Crippen LogP contribution in [-0.4, -0.2) is 116 Å². The molecule has 0 aromatic heterocycles. The summed E-state index contributed by atoms with van der Waals surface area (Å²) in [6.45, 7) is 1.34. The van der Waals surface area contributed by atoms with Crippen LogP contribution in [0.3, 0.4) is 0 Å². The summed E-state index contributed by atoms with van der Waals surface area (Å²) in [5.74, 6) is -1.00. The molecule has 2 N–H and O–H groups in total. The van der Waals surface area contributed by atoms with E-state index < -0.39 is 15.8 Å². The minimum Gasteiger partial charge on any atom is -0.456 e. The SMILES string of the molecule is CN(c1ccccc1)c1ccc2c(-c3ccccc3S(=O)(=O)N3CCC(C(=O)NCCOCCOCC(=O)NCCCN4C(=O)CN=C(c5ccccc5F)c5cc(Cl)ccc54)CC3)c3ccc(=[N+](C)c4ccccc4)cc-3oc2c1. The lowest BCUT2D eigenvalue weighted by atomic mass is 9.93. The quantitative estimate of drug-likeness (QED) is 0.0430. The molecule has 1 fully saturated rings. The monoisotopic (exact) mass is 1130 g/mol. The van der Waals surface area contributed by atoms with Gasteiger partial charge in [-0.3, -0.25) is 19.4 Å². The summed E-state index contributed by atoms with van der Waals surface area (Å²) in [6, 6.07) is 50.5. The number of ether oxygens (including phenoxy) is 2. The van der Waals surface area contributed by atoms with Gasteiger partial charge in [-0.1, -0.05) is 78.3 Å². The van der Waals surface area contributed by atoms with Crippen LogP contribution in [-0.2, 0) is 33.9 Å². The summed E-state index contributed by atoms with van der Waals surface area (Å²) in [5.41, 5.74) is 7.27. The fraction of sp³-hybridized carbons (Fsp3) is 0.254. The minimum absolute atomic E-state index is 0.149. The molecule has 1 saturated heterocycles. The van der Waals surface area contributed by atoms with Gasteiger partial charge in [-0.25, -0.2) is 12.8 Å². The van der Waals surface area contributed by atoms with E-state index in [1.54, 1.807) is 53.4 Å². The Bertz CT molecular complexity index is 3780. The third-order valence-corrected chi connectivity index (χ3v) is 16.9. The van der Waals surface area contributed by atoms with E-state index in [1.165, 1.54) is 10.4 Å². The highest BCUT2D eigenvalue weighted by atomic mass is 35.5. The standard InChI is InChI=1S/C63H61ClFN7O8S/c1-69(45-14-5-3-6-15-45)47-23-25-50-56(39-47)80-57-40-48(70(2)46-16-7-4-8-17-46)24-26-51(57)61(50)52-19-10-12-21-58(52)81(76,77)71-33-28-43(29-34-71)63(75)67-31-35-78-36-37-79-42-59(73)66-30-13-32-72-55-27-22-44(64)38-53(55)62(68-41-60(72)74)49-18-9-11-20-54(49)65/h3-12,14-27,38-40,43H,13,28-37,41-42H2,1-2H3,(H-,66,67,73,75)/p+1. The van der Waals surface area contributed by atoms with E-state index >= 15 is 0 Å². The molecule has 3 amide bonds. The molecule has 18 heteroatoms. The van der Waals surface area contributed by atoms with Gasteiger partial charge in [0, 0.05) is 120 Å². The first-order valence-corrected chi connectivity index (χ1v) is 28.8. The molecule has 0 radical (unpaired) electrons. The molecular formula is C63H62ClFN7O8S+. The fourth-order valence-corrected chi connectivity index (χ4v) is 12.2. The first-order chi connectivity index (χ1) is 39.3. The van der Waals surface area contributed by atoms with Crippen LogP contribution >= 0.6 is 11.6 Å². The number of hydrogen-bond donors (Lipinski definition) is 2. The second-order valence-electron chi connectivity index (χ2n) is 19.8. The Morgan fingerprint density at radius 2 is 1.48 bits per heavy atom. The van der Waals surface area contributed by atoms with Gasteiger partial charge in [-0.05, 0) is 86.0 Å². The van der Waals surface area contributed by atoms with Gasteiger partial charge in [0.2, 0.25) is 38.8 Å². The first-order valence-electron chi connectivity index (χ1n) is 27.0. The number of sulfonamides is 1. The van der Waals surface area contributed by atoms with E-state index in [9.17, 15) is 27.2 Å². The molecule has 6 aromatic rings. The number of halogens is 2. The van der Waals surface area contributed by atoms with Crippen LogP contribution in [0.5, 0.6) is 0 Å². The third-order valence-electron chi connectivity index (χ3n) is 14.7. The molecule has 0 atom stereocenters. The smallest absolute Gasteiger partial charge is 0.248 e. The van der Waals surface area contributed by atoms with Crippen LogP contribution in [0.1, 0.15) is 30.4 Å². The van der Waals surface area contributed by atoms with Crippen molar-refractivity contribution in [2.45, 2.75) is 24.2 Å². The molecule has 1 aliphatic carbocycles. The zero-order chi connectivity index (χ0) is 56.5. The van der Waals surface area contributed by atoms with Crippen molar-refractivity contribution in [3.63, 3.8) is 0 Å². The largest absolute Gasteiger partial charge is 0.456 e. The Kier molecular flexibility index (Phi) is 17.8. The number of benzodiazepines with no additional fused rings is 1. The number of carbonyl (C=O) groups is 3. The zero-order valence-corrected chi connectivity index (χ0v) is 46.6. The maximum absolute atomic E-state index is 14.8. The van der Waals surface area contributed by atoms with Gasteiger partial charge >= 0.3 is 0 Å². The number of piperidine rings is 1. The summed E-state index contributed by atoms with van der Waals surface area (Å²) >= 11 is 6.33. The molecule has 416 valence electrons. The lowest BCUT2D eigenvalue weighted by molar-refractivity contribution is -0.127. The predicted octanol–water partition coefficient (Wildman–Crippen LogP) is 9.44. The summed E-state index contributed by atoms with van der Waals surface area (Å²) in [6.07, 6.45) is 1.13. The fourth-order valence-electron chi connectivity index (χ4n) is 10.4. The van der Waals surface area contributed by atoms with Crippen molar-refractivity contribution < 1.29 is 41.1 Å². The summed E-state index contributed by atoms with van der Waals surface area (Å²) < 4.78 is 65.9. The minimum atomic E-state index is -4.04. The predicted molar refractivity (Wildman–Crippen MR) is 315 cm³/mol. The number of nitrogens with zero attached hydrogens (tertiary/aromatic N) is 5. The Hall–Kier alpha value is -8.06.